The fraction of sp³-hybridized carbons (Fsp3) is 0.385. The van der Waals surface area contributed by atoms with E-state index in [9.17, 15) is 4.79 Å². The molecule has 0 amide bonds. The second kappa shape index (κ2) is 3.95. The van der Waals surface area contributed by atoms with Crippen LogP contribution in [0.25, 0.3) is 5.65 Å². The molecule has 4 heteroatoms. The average Bonchev–Trinajstić information content (AvgIpc) is 2.62. The molecule has 17 heavy (non-hydrogen) atoms. The summed E-state index contributed by atoms with van der Waals surface area (Å²) >= 11 is 3.47. The second-order valence-electron chi connectivity index (χ2n) is 5.17. The van der Waals surface area contributed by atoms with Gasteiger partial charge in [0.25, 0.3) is 0 Å². The Morgan fingerprint density at radius 1 is 1.35 bits per heavy atom. The van der Waals surface area contributed by atoms with Crippen LogP contribution >= 0.6 is 15.9 Å². The van der Waals surface area contributed by atoms with Crippen molar-refractivity contribution in [2.24, 2.45) is 0 Å². The van der Waals surface area contributed by atoms with Crippen LogP contribution in [0.5, 0.6) is 0 Å². The largest absolute Gasteiger partial charge is 0.296 e. The first-order valence-corrected chi connectivity index (χ1v) is 6.29. The maximum atomic E-state index is 11.3. The quantitative estimate of drug-likeness (QED) is 0.754. The molecule has 0 atom stereocenters. The highest BCUT2D eigenvalue weighted by atomic mass is 79.9. The van der Waals surface area contributed by atoms with Crippen LogP contribution in [0.3, 0.4) is 0 Å². The number of hydrogen-bond acceptors (Lipinski definition) is 2. The van der Waals surface area contributed by atoms with Crippen molar-refractivity contribution in [2.75, 3.05) is 0 Å². The van der Waals surface area contributed by atoms with E-state index >= 15 is 0 Å². The number of rotatable bonds is 1. The number of aldehydes is 1. The number of halogens is 1. The molecule has 0 unspecified atom stereocenters. The summed E-state index contributed by atoms with van der Waals surface area (Å²) in [6.45, 7) is 8.16. The van der Waals surface area contributed by atoms with Crippen molar-refractivity contribution in [3.05, 3.63) is 33.7 Å². The molecule has 0 aromatic carbocycles. The fourth-order valence-corrected chi connectivity index (χ4v) is 2.26. The van der Waals surface area contributed by atoms with E-state index in [1.165, 1.54) is 0 Å². The molecule has 0 spiro atoms. The van der Waals surface area contributed by atoms with Gasteiger partial charge in [0.05, 0.1) is 5.69 Å². The number of pyridine rings is 1. The molecular formula is C13H15BrN2O. The van der Waals surface area contributed by atoms with E-state index in [0.717, 1.165) is 27.8 Å². The average molecular weight is 295 g/mol. The summed E-state index contributed by atoms with van der Waals surface area (Å²) in [5.74, 6) is 0. The molecule has 2 aromatic rings. The Kier molecular flexibility index (Phi) is 2.86. The Bertz CT molecular complexity index is 593. The molecular weight excluding hydrogens is 280 g/mol. The van der Waals surface area contributed by atoms with Gasteiger partial charge >= 0.3 is 0 Å². The predicted octanol–water partition coefficient (Wildman–Crippen LogP) is 3.52. The summed E-state index contributed by atoms with van der Waals surface area (Å²) in [7, 11) is 0. The van der Waals surface area contributed by atoms with E-state index in [-0.39, 0.29) is 5.41 Å². The van der Waals surface area contributed by atoms with Crippen molar-refractivity contribution in [2.45, 2.75) is 33.1 Å². The van der Waals surface area contributed by atoms with Gasteiger partial charge < -0.3 is 0 Å². The van der Waals surface area contributed by atoms with Gasteiger partial charge in [0, 0.05) is 15.6 Å². The van der Waals surface area contributed by atoms with E-state index in [1.807, 2.05) is 23.5 Å². The SMILES string of the molecule is Cc1c(Br)ccc2nc(C(C)(C)C)c(C=O)n12. The summed E-state index contributed by atoms with van der Waals surface area (Å²) in [6, 6.07) is 3.87. The molecule has 0 aliphatic heterocycles. The third-order valence-electron chi connectivity index (χ3n) is 2.82. The maximum absolute atomic E-state index is 11.3. The number of carbonyl (C=O) groups excluding carboxylic acids is 1. The molecule has 2 aromatic heterocycles. The van der Waals surface area contributed by atoms with Crippen LogP contribution in [0.1, 0.15) is 42.6 Å². The summed E-state index contributed by atoms with van der Waals surface area (Å²) < 4.78 is 2.88. The Hall–Kier alpha value is -1.16. The summed E-state index contributed by atoms with van der Waals surface area (Å²) in [5.41, 5.74) is 3.16. The lowest BCUT2D eigenvalue weighted by Gasteiger charge is -2.15. The Balaban J connectivity index is 2.91. The highest BCUT2D eigenvalue weighted by Gasteiger charge is 2.24. The second-order valence-corrected chi connectivity index (χ2v) is 6.03. The zero-order valence-corrected chi connectivity index (χ0v) is 12.0. The van der Waals surface area contributed by atoms with Gasteiger partial charge in [-0.05, 0) is 35.0 Å². The first-order valence-electron chi connectivity index (χ1n) is 5.49. The van der Waals surface area contributed by atoms with Gasteiger partial charge in [-0.15, -0.1) is 0 Å². The molecule has 2 rings (SSSR count). The van der Waals surface area contributed by atoms with E-state index in [2.05, 4.69) is 41.7 Å². The van der Waals surface area contributed by atoms with E-state index < -0.39 is 0 Å². The van der Waals surface area contributed by atoms with E-state index in [0.29, 0.717) is 5.69 Å². The summed E-state index contributed by atoms with van der Waals surface area (Å²) in [6.07, 6.45) is 0.889. The van der Waals surface area contributed by atoms with Gasteiger partial charge in [-0.1, -0.05) is 20.8 Å². The Morgan fingerprint density at radius 3 is 2.53 bits per heavy atom. The van der Waals surface area contributed by atoms with Crippen LogP contribution in [-0.2, 0) is 5.41 Å². The molecule has 0 N–H and O–H groups in total. The minimum absolute atomic E-state index is 0.138. The molecule has 3 nitrogen and oxygen atoms in total. The van der Waals surface area contributed by atoms with Gasteiger partial charge in [-0.3, -0.25) is 9.20 Å². The summed E-state index contributed by atoms with van der Waals surface area (Å²) in [5, 5.41) is 0. The van der Waals surface area contributed by atoms with Gasteiger partial charge in [0.1, 0.15) is 11.3 Å². The Morgan fingerprint density at radius 2 is 2.00 bits per heavy atom. The lowest BCUT2D eigenvalue weighted by atomic mass is 9.91. The zero-order valence-electron chi connectivity index (χ0n) is 10.4. The molecule has 0 radical (unpaired) electrons. The molecule has 2 heterocycles. The highest BCUT2D eigenvalue weighted by molar-refractivity contribution is 9.10. The van der Waals surface area contributed by atoms with Crippen LogP contribution in [0.4, 0.5) is 0 Å². The molecule has 0 fully saturated rings. The third-order valence-corrected chi connectivity index (χ3v) is 3.66. The minimum atomic E-state index is -0.138. The lowest BCUT2D eigenvalue weighted by Crippen LogP contribution is -2.14. The van der Waals surface area contributed by atoms with Gasteiger partial charge in [-0.25, -0.2) is 4.98 Å². The van der Waals surface area contributed by atoms with Crippen molar-refractivity contribution >= 4 is 27.9 Å². The first-order chi connectivity index (χ1) is 7.86. The van der Waals surface area contributed by atoms with Crippen molar-refractivity contribution in [1.29, 1.82) is 0 Å². The van der Waals surface area contributed by atoms with Crippen LogP contribution in [0.2, 0.25) is 0 Å². The smallest absolute Gasteiger partial charge is 0.168 e. The minimum Gasteiger partial charge on any atom is -0.296 e. The topological polar surface area (TPSA) is 34.4 Å². The number of aryl methyl sites for hydroxylation is 1. The van der Waals surface area contributed by atoms with Crippen molar-refractivity contribution < 1.29 is 4.79 Å². The van der Waals surface area contributed by atoms with E-state index in [4.69, 9.17) is 0 Å². The first kappa shape index (κ1) is 12.3. The standard InChI is InChI=1S/C13H15BrN2O/c1-8-9(14)5-6-11-15-12(13(2,3)4)10(7-17)16(8)11/h5-7H,1-4H3. The highest BCUT2D eigenvalue weighted by Crippen LogP contribution is 2.28. The molecule has 0 aliphatic rings. The molecule has 90 valence electrons. The number of nitrogens with zero attached hydrogens (tertiary/aromatic N) is 2. The number of fused-ring (bicyclic) bond motifs is 1. The van der Waals surface area contributed by atoms with Gasteiger partial charge in [0.2, 0.25) is 0 Å². The lowest BCUT2D eigenvalue weighted by molar-refractivity contribution is 0.111. The van der Waals surface area contributed by atoms with Crippen LogP contribution in [0, 0.1) is 6.92 Å². The molecule has 0 aliphatic carbocycles. The summed E-state index contributed by atoms with van der Waals surface area (Å²) in [4.78, 5) is 15.9. The van der Waals surface area contributed by atoms with Crippen molar-refractivity contribution in [3.8, 4) is 0 Å². The normalized spacial score (nSPS) is 12.1. The maximum Gasteiger partial charge on any atom is 0.168 e. The molecule has 0 bridgehead atoms. The van der Waals surface area contributed by atoms with Gasteiger partial charge in [0.15, 0.2) is 6.29 Å². The van der Waals surface area contributed by atoms with Crippen molar-refractivity contribution in [3.63, 3.8) is 0 Å². The molecule has 0 saturated carbocycles. The van der Waals surface area contributed by atoms with Crippen LogP contribution < -0.4 is 0 Å². The predicted molar refractivity (Wildman–Crippen MR) is 71.7 cm³/mol. The van der Waals surface area contributed by atoms with E-state index in [1.54, 1.807) is 0 Å². The van der Waals surface area contributed by atoms with Crippen LogP contribution in [-0.4, -0.2) is 15.7 Å². The number of aromatic nitrogens is 2. The third kappa shape index (κ3) is 1.90. The zero-order chi connectivity index (χ0) is 12.8. The van der Waals surface area contributed by atoms with Crippen molar-refractivity contribution in [1.82, 2.24) is 9.38 Å². The monoisotopic (exact) mass is 294 g/mol. The number of hydrogen-bond donors (Lipinski definition) is 0. The van der Waals surface area contributed by atoms with Gasteiger partial charge in [-0.2, -0.15) is 0 Å². The number of imidazole rings is 1. The van der Waals surface area contributed by atoms with Crippen LogP contribution in [0.15, 0.2) is 16.6 Å². The molecule has 0 saturated heterocycles. The Labute approximate surface area is 109 Å². The fourth-order valence-electron chi connectivity index (χ4n) is 1.95. The number of carbonyl (C=O) groups is 1.